The van der Waals surface area contributed by atoms with E-state index in [2.05, 4.69) is 31.8 Å². The summed E-state index contributed by atoms with van der Waals surface area (Å²) in [5.74, 6) is 0.888. The highest BCUT2D eigenvalue weighted by Crippen LogP contribution is 2.23. The van der Waals surface area contributed by atoms with Crippen molar-refractivity contribution >= 4 is 8.07 Å². The molecular weight excluding hydrogens is 202 g/mol. The third-order valence-corrected chi connectivity index (χ3v) is 4.04. The van der Waals surface area contributed by atoms with E-state index in [4.69, 9.17) is 10.5 Å². The van der Waals surface area contributed by atoms with Crippen molar-refractivity contribution in [2.75, 3.05) is 7.11 Å². The molecule has 0 bridgehead atoms. The lowest BCUT2D eigenvalue weighted by atomic mass is 10.1. The van der Waals surface area contributed by atoms with Gasteiger partial charge < -0.3 is 10.5 Å². The molecule has 0 heterocycles. The highest BCUT2D eigenvalue weighted by molar-refractivity contribution is 6.76. The topological polar surface area (TPSA) is 35.2 Å². The molecule has 0 fully saturated rings. The van der Waals surface area contributed by atoms with Crippen molar-refractivity contribution in [2.24, 2.45) is 5.73 Å². The van der Waals surface area contributed by atoms with Crippen molar-refractivity contribution in [2.45, 2.75) is 31.7 Å². The number of nitrogens with two attached hydrogens (primary N) is 1. The Bertz CT molecular complexity index is 302. The Kier molecular flexibility index (Phi) is 3.94. The van der Waals surface area contributed by atoms with Gasteiger partial charge in [0.2, 0.25) is 0 Å². The van der Waals surface area contributed by atoms with E-state index in [-0.39, 0.29) is 6.04 Å². The fourth-order valence-corrected chi connectivity index (χ4v) is 3.18. The van der Waals surface area contributed by atoms with Crippen LogP contribution in [0.2, 0.25) is 25.7 Å². The molecule has 15 heavy (non-hydrogen) atoms. The summed E-state index contributed by atoms with van der Waals surface area (Å²) in [6.45, 7) is 7.03. The summed E-state index contributed by atoms with van der Waals surface area (Å²) in [4.78, 5) is 0. The molecule has 0 aliphatic heterocycles. The highest BCUT2D eigenvalue weighted by atomic mass is 28.3. The molecule has 2 N–H and O–H groups in total. The molecule has 3 heteroatoms. The monoisotopic (exact) mass is 223 g/mol. The SMILES string of the molecule is COc1ccc(C(N)C[Si](C)(C)C)cc1. The minimum absolute atomic E-state index is 0.169. The van der Waals surface area contributed by atoms with E-state index in [1.807, 2.05) is 12.1 Å². The van der Waals surface area contributed by atoms with Gasteiger partial charge in [-0.3, -0.25) is 0 Å². The van der Waals surface area contributed by atoms with Crippen LogP contribution in [0, 0.1) is 0 Å². The highest BCUT2D eigenvalue weighted by Gasteiger charge is 2.18. The Morgan fingerprint density at radius 1 is 1.20 bits per heavy atom. The molecule has 0 aliphatic rings. The van der Waals surface area contributed by atoms with Crippen LogP contribution in [0.4, 0.5) is 0 Å². The van der Waals surface area contributed by atoms with Crippen LogP contribution in [-0.2, 0) is 0 Å². The Labute approximate surface area is 93.5 Å². The predicted octanol–water partition coefficient (Wildman–Crippen LogP) is 3.03. The Hall–Kier alpha value is -0.803. The first kappa shape index (κ1) is 12.3. The molecule has 0 radical (unpaired) electrons. The average Bonchev–Trinajstić information content (AvgIpc) is 2.15. The van der Waals surface area contributed by atoms with E-state index in [1.54, 1.807) is 7.11 Å². The molecule has 0 saturated heterocycles. The summed E-state index contributed by atoms with van der Waals surface area (Å²) in [6.07, 6.45) is 0. The molecule has 0 saturated carbocycles. The van der Waals surface area contributed by atoms with Crippen LogP contribution in [0.15, 0.2) is 24.3 Å². The average molecular weight is 223 g/mol. The van der Waals surface area contributed by atoms with Crippen molar-refractivity contribution in [3.63, 3.8) is 0 Å². The van der Waals surface area contributed by atoms with Crippen LogP contribution < -0.4 is 10.5 Å². The third kappa shape index (κ3) is 4.06. The first-order valence-electron chi connectivity index (χ1n) is 5.32. The maximum atomic E-state index is 6.17. The fraction of sp³-hybridized carbons (Fsp3) is 0.500. The molecule has 84 valence electrons. The molecule has 1 rings (SSSR count). The number of hydrogen-bond donors (Lipinski definition) is 1. The summed E-state index contributed by atoms with van der Waals surface area (Å²) < 4.78 is 5.12. The second-order valence-electron chi connectivity index (χ2n) is 5.14. The lowest BCUT2D eigenvalue weighted by molar-refractivity contribution is 0.414. The molecule has 1 atom stereocenters. The molecule has 0 aromatic heterocycles. The van der Waals surface area contributed by atoms with Gasteiger partial charge in [0.25, 0.3) is 0 Å². The van der Waals surface area contributed by atoms with Gasteiger partial charge in [-0.25, -0.2) is 0 Å². The van der Waals surface area contributed by atoms with Gasteiger partial charge in [-0.05, 0) is 23.7 Å². The number of ether oxygens (including phenoxy) is 1. The molecule has 1 unspecified atom stereocenters. The van der Waals surface area contributed by atoms with E-state index >= 15 is 0 Å². The van der Waals surface area contributed by atoms with Gasteiger partial charge in [0, 0.05) is 14.1 Å². The van der Waals surface area contributed by atoms with Crippen molar-refractivity contribution in [1.82, 2.24) is 0 Å². The van der Waals surface area contributed by atoms with Crippen LogP contribution in [-0.4, -0.2) is 15.2 Å². The van der Waals surface area contributed by atoms with E-state index in [9.17, 15) is 0 Å². The van der Waals surface area contributed by atoms with Crippen LogP contribution in [0.5, 0.6) is 5.75 Å². The van der Waals surface area contributed by atoms with Gasteiger partial charge in [-0.1, -0.05) is 31.8 Å². The van der Waals surface area contributed by atoms with E-state index in [0.717, 1.165) is 11.8 Å². The van der Waals surface area contributed by atoms with Gasteiger partial charge in [-0.15, -0.1) is 0 Å². The first-order chi connectivity index (χ1) is 6.92. The smallest absolute Gasteiger partial charge is 0.118 e. The first-order valence-corrected chi connectivity index (χ1v) is 9.02. The number of methoxy groups -OCH3 is 1. The Balaban J connectivity index is 2.70. The normalized spacial score (nSPS) is 13.7. The minimum Gasteiger partial charge on any atom is -0.497 e. The van der Waals surface area contributed by atoms with Crippen LogP contribution in [0.25, 0.3) is 0 Å². The molecule has 0 amide bonds. The molecule has 1 aromatic carbocycles. The second-order valence-corrected chi connectivity index (χ2v) is 10.7. The lowest BCUT2D eigenvalue weighted by Crippen LogP contribution is -2.26. The molecule has 0 spiro atoms. The van der Waals surface area contributed by atoms with Gasteiger partial charge in [0.1, 0.15) is 5.75 Å². The van der Waals surface area contributed by atoms with E-state index < -0.39 is 8.07 Å². The van der Waals surface area contributed by atoms with Crippen molar-refractivity contribution in [3.05, 3.63) is 29.8 Å². The van der Waals surface area contributed by atoms with Gasteiger partial charge >= 0.3 is 0 Å². The summed E-state index contributed by atoms with van der Waals surface area (Å²) in [5, 5.41) is 0. The maximum Gasteiger partial charge on any atom is 0.118 e. The maximum absolute atomic E-state index is 6.17. The number of rotatable bonds is 4. The van der Waals surface area contributed by atoms with Crippen molar-refractivity contribution in [1.29, 1.82) is 0 Å². The van der Waals surface area contributed by atoms with Crippen LogP contribution in [0.3, 0.4) is 0 Å². The van der Waals surface area contributed by atoms with Gasteiger partial charge in [0.05, 0.1) is 7.11 Å². The Morgan fingerprint density at radius 2 is 1.73 bits per heavy atom. The fourth-order valence-electron chi connectivity index (χ4n) is 1.63. The minimum atomic E-state index is -1.08. The quantitative estimate of drug-likeness (QED) is 0.796. The molecule has 0 aliphatic carbocycles. The van der Waals surface area contributed by atoms with Crippen molar-refractivity contribution in [3.8, 4) is 5.75 Å². The standard InChI is InChI=1S/C12H21NOSi/c1-14-11-7-5-10(6-8-11)12(13)9-15(2,3)4/h5-8,12H,9,13H2,1-4H3. The molecule has 1 aromatic rings. The molecule has 2 nitrogen and oxygen atoms in total. The number of benzene rings is 1. The zero-order chi connectivity index (χ0) is 11.5. The molecular formula is C12H21NOSi. The summed E-state index contributed by atoms with van der Waals surface area (Å²) in [6, 6.07) is 9.35. The van der Waals surface area contributed by atoms with Gasteiger partial charge in [-0.2, -0.15) is 0 Å². The van der Waals surface area contributed by atoms with Gasteiger partial charge in [0.15, 0.2) is 0 Å². The van der Waals surface area contributed by atoms with Crippen LogP contribution in [0.1, 0.15) is 11.6 Å². The Morgan fingerprint density at radius 3 is 2.13 bits per heavy atom. The van der Waals surface area contributed by atoms with Crippen LogP contribution >= 0.6 is 0 Å². The summed E-state index contributed by atoms with van der Waals surface area (Å²) in [5.41, 5.74) is 7.37. The van der Waals surface area contributed by atoms with E-state index in [0.29, 0.717) is 0 Å². The summed E-state index contributed by atoms with van der Waals surface area (Å²) >= 11 is 0. The lowest BCUT2D eigenvalue weighted by Gasteiger charge is -2.21. The third-order valence-electron chi connectivity index (χ3n) is 2.38. The summed E-state index contributed by atoms with van der Waals surface area (Å²) in [7, 11) is 0.596. The van der Waals surface area contributed by atoms with Crippen molar-refractivity contribution < 1.29 is 4.74 Å². The van der Waals surface area contributed by atoms with E-state index in [1.165, 1.54) is 5.56 Å². The zero-order valence-electron chi connectivity index (χ0n) is 10.1. The second kappa shape index (κ2) is 4.81. The predicted molar refractivity (Wildman–Crippen MR) is 68.1 cm³/mol. The number of hydrogen-bond acceptors (Lipinski definition) is 2. The zero-order valence-corrected chi connectivity index (χ0v) is 11.1. The largest absolute Gasteiger partial charge is 0.497 e.